The quantitative estimate of drug-likeness (QED) is 0.301. The molecule has 1 unspecified atom stereocenters. The number of carbonyl (C=O) groups is 2. The van der Waals surface area contributed by atoms with E-state index in [2.05, 4.69) is 10.8 Å². The highest BCUT2D eigenvalue weighted by Gasteiger charge is 2.21. The van der Waals surface area contributed by atoms with Gasteiger partial charge in [-0.15, -0.1) is 0 Å². The van der Waals surface area contributed by atoms with Crippen molar-refractivity contribution < 1.29 is 23.8 Å². The highest BCUT2D eigenvalue weighted by molar-refractivity contribution is 5.91. The molecular formula is C24H24O5. The van der Waals surface area contributed by atoms with E-state index in [0.717, 1.165) is 30.6 Å². The number of rotatable bonds is 6. The highest BCUT2D eigenvalue weighted by Crippen LogP contribution is 2.29. The number of benzene rings is 2. The normalized spacial score (nSPS) is 17.4. The van der Waals surface area contributed by atoms with Crippen LogP contribution in [0.4, 0.5) is 0 Å². The van der Waals surface area contributed by atoms with Crippen LogP contribution in [-0.2, 0) is 9.53 Å². The average molecular weight is 392 g/mol. The zero-order valence-electron chi connectivity index (χ0n) is 16.6. The van der Waals surface area contributed by atoms with Crippen LogP contribution in [0.3, 0.4) is 0 Å². The minimum atomic E-state index is -0.440. The van der Waals surface area contributed by atoms with E-state index in [9.17, 15) is 9.59 Å². The first-order chi connectivity index (χ1) is 14.1. The molecule has 0 radical (unpaired) electrons. The number of hydrogen-bond donors (Lipinski definition) is 0. The molecule has 0 spiro atoms. The number of carbonyl (C=O) groups excluding carboxylic acids is 2. The Labute approximate surface area is 170 Å². The van der Waals surface area contributed by atoms with Crippen molar-refractivity contribution in [2.24, 2.45) is 0 Å². The fourth-order valence-corrected chi connectivity index (χ4v) is 3.18. The lowest BCUT2D eigenvalue weighted by Crippen LogP contribution is -2.14. The topological polar surface area (TPSA) is 61.8 Å². The zero-order valence-corrected chi connectivity index (χ0v) is 16.6. The first kappa shape index (κ1) is 20.4. The van der Waals surface area contributed by atoms with Gasteiger partial charge in [-0.1, -0.05) is 18.2 Å². The van der Waals surface area contributed by atoms with Crippen molar-refractivity contribution in [3.05, 3.63) is 77.4 Å². The van der Waals surface area contributed by atoms with Crippen LogP contribution >= 0.6 is 0 Å². The van der Waals surface area contributed by atoms with Crippen LogP contribution in [0.15, 0.2) is 66.3 Å². The maximum absolute atomic E-state index is 12.4. The van der Waals surface area contributed by atoms with Crippen LogP contribution in [0.5, 0.6) is 11.5 Å². The fourth-order valence-electron chi connectivity index (χ4n) is 3.18. The zero-order chi connectivity index (χ0) is 20.6. The van der Waals surface area contributed by atoms with E-state index < -0.39 is 11.9 Å². The van der Waals surface area contributed by atoms with Crippen LogP contribution in [0.25, 0.3) is 6.08 Å². The van der Waals surface area contributed by atoms with Crippen molar-refractivity contribution in [3.63, 3.8) is 0 Å². The van der Waals surface area contributed by atoms with E-state index in [4.69, 9.17) is 9.47 Å². The molecule has 1 fully saturated rings. The third kappa shape index (κ3) is 5.57. The minimum absolute atomic E-state index is 0.129. The molecule has 0 bridgehead atoms. The molecule has 0 aromatic heterocycles. The summed E-state index contributed by atoms with van der Waals surface area (Å²) >= 11 is 0. The van der Waals surface area contributed by atoms with E-state index >= 15 is 0 Å². The molecule has 1 aliphatic rings. The van der Waals surface area contributed by atoms with Crippen LogP contribution < -0.4 is 9.47 Å². The average Bonchev–Trinajstić information content (AvgIpc) is 3.20. The van der Waals surface area contributed by atoms with Gasteiger partial charge < -0.3 is 14.2 Å². The van der Waals surface area contributed by atoms with Crippen molar-refractivity contribution in [1.29, 1.82) is 0 Å². The summed E-state index contributed by atoms with van der Waals surface area (Å²) in [6.45, 7) is 2.04. The van der Waals surface area contributed by atoms with Crippen LogP contribution in [0, 0.1) is 0 Å². The predicted octanol–water partition coefficient (Wildman–Crippen LogP) is 4.97. The maximum Gasteiger partial charge on any atom is 0.343 e. The van der Waals surface area contributed by atoms with E-state index in [1.54, 1.807) is 54.6 Å². The Morgan fingerprint density at radius 2 is 1.69 bits per heavy atom. The van der Waals surface area contributed by atoms with Gasteiger partial charge in [0, 0.05) is 6.08 Å². The number of methoxy groups -OCH3 is 1. The van der Waals surface area contributed by atoms with Gasteiger partial charge in [-0.3, -0.25) is 0 Å². The van der Waals surface area contributed by atoms with Gasteiger partial charge in [0.2, 0.25) is 0 Å². The second kappa shape index (κ2) is 9.73. The SMILES string of the molecule is CC=C1CCCC1Oc1ccc(C(=O)Oc2ccc(/C=C/C(=O)OC)cc2)cc1. The molecule has 5 nitrogen and oxygen atoms in total. The van der Waals surface area contributed by atoms with E-state index in [1.165, 1.54) is 18.8 Å². The van der Waals surface area contributed by atoms with Crippen LogP contribution in [0.1, 0.15) is 42.1 Å². The van der Waals surface area contributed by atoms with Crippen molar-refractivity contribution in [1.82, 2.24) is 0 Å². The summed E-state index contributed by atoms with van der Waals surface area (Å²) in [6, 6.07) is 13.8. The molecule has 0 aliphatic heterocycles. The van der Waals surface area contributed by atoms with Gasteiger partial charge in [0.05, 0.1) is 12.7 Å². The Kier molecular flexibility index (Phi) is 6.85. The second-order valence-corrected chi connectivity index (χ2v) is 6.70. The first-order valence-electron chi connectivity index (χ1n) is 9.59. The molecule has 0 saturated heterocycles. The number of hydrogen-bond acceptors (Lipinski definition) is 5. The molecule has 2 aromatic carbocycles. The molecule has 150 valence electrons. The Balaban J connectivity index is 1.58. The van der Waals surface area contributed by atoms with Gasteiger partial charge in [-0.05, 0) is 79.8 Å². The van der Waals surface area contributed by atoms with Gasteiger partial charge in [0.25, 0.3) is 0 Å². The Morgan fingerprint density at radius 1 is 1.00 bits per heavy atom. The summed E-state index contributed by atoms with van der Waals surface area (Å²) in [5.74, 6) is 0.302. The minimum Gasteiger partial charge on any atom is -0.486 e. The standard InChI is InChI=1S/C24H24O5/c1-3-18-5-4-6-22(18)28-20-14-10-19(11-15-20)24(26)29-21-12-7-17(8-13-21)9-16-23(25)27-2/h3,7-16,22H,4-6H2,1-2H3/b16-9+,18-3?. The molecule has 0 N–H and O–H groups in total. The Bertz CT molecular complexity index is 907. The summed E-state index contributed by atoms with van der Waals surface area (Å²) in [5.41, 5.74) is 2.58. The van der Waals surface area contributed by atoms with Crippen LogP contribution in [0.2, 0.25) is 0 Å². The van der Waals surface area contributed by atoms with Gasteiger partial charge in [0.1, 0.15) is 17.6 Å². The third-order valence-electron chi connectivity index (χ3n) is 4.79. The molecule has 1 aliphatic carbocycles. The predicted molar refractivity (Wildman–Crippen MR) is 111 cm³/mol. The van der Waals surface area contributed by atoms with Crippen molar-refractivity contribution in [3.8, 4) is 11.5 Å². The summed E-state index contributed by atoms with van der Waals surface area (Å²) in [6.07, 6.45) is 8.46. The maximum atomic E-state index is 12.4. The van der Waals surface area contributed by atoms with E-state index in [0.29, 0.717) is 11.3 Å². The number of allylic oxidation sites excluding steroid dienone is 1. The molecule has 3 rings (SSSR count). The molecule has 29 heavy (non-hydrogen) atoms. The lowest BCUT2D eigenvalue weighted by atomic mass is 10.2. The van der Waals surface area contributed by atoms with Gasteiger partial charge in [0.15, 0.2) is 0 Å². The summed E-state index contributed by atoms with van der Waals surface area (Å²) in [5, 5.41) is 0. The smallest absolute Gasteiger partial charge is 0.343 e. The number of esters is 2. The third-order valence-corrected chi connectivity index (χ3v) is 4.79. The van der Waals surface area contributed by atoms with Crippen molar-refractivity contribution >= 4 is 18.0 Å². The monoisotopic (exact) mass is 392 g/mol. The van der Waals surface area contributed by atoms with E-state index in [-0.39, 0.29) is 6.10 Å². The van der Waals surface area contributed by atoms with Gasteiger partial charge in [-0.25, -0.2) is 9.59 Å². The van der Waals surface area contributed by atoms with E-state index in [1.807, 2.05) is 6.92 Å². The Hall–Kier alpha value is -3.34. The van der Waals surface area contributed by atoms with Gasteiger partial charge >= 0.3 is 11.9 Å². The molecule has 1 atom stereocenters. The fraction of sp³-hybridized carbons (Fsp3) is 0.250. The van der Waals surface area contributed by atoms with Crippen molar-refractivity contribution in [2.45, 2.75) is 32.3 Å². The lowest BCUT2D eigenvalue weighted by Gasteiger charge is -2.15. The van der Waals surface area contributed by atoms with Crippen LogP contribution in [-0.4, -0.2) is 25.2 Å². The molecule has 0 amide bonds. The molecule has 1 saturated carbocycles. The lowest BCUT2D eigenvalue weighted by molar-refractivity contribution is -0.134. The summed E-state index contributed by atoms with van der Waals surface area (Å²) < 4.78 is 16.0. The second-order valence-electron chi connectivity index (χ2n) is 6.70. The molecule has 2 aromatic rings. The number of ether oxygens (including phenoxy) is 3. The first-order valence-corrected chi connectivity index (χ1v) is 9.59. The largest absolute Gasteiger partial charge is 0.486 e. The highest BCUT2D eigenvalue weighted by atomic mass is 16.5. The molecule has 5 heteroatoms. The van der Waals surface area contributed by atoms with Crippen molar-refractivity contribution in [2.75, 3.05) is 7.11 Å². The molecule has 0 heterocycles. The molecular weight excluding hydrogens is 368 g/mol. The van der Waals surface area contributed by atoms with Gasteiger partial charge in [-0.2, -0.15) is 0 Å². The Morgan fingerprint density at radius 3 is 2.34 bits per heavy atom. The summed E-state index contributed by atoms with van der Waals surface area (Å²) in [4.78, 5) is 23.5. The summed E-state index contributed by atoms with van der Waals surface area (Å²) in [7, 11) is 1.32.